The van der Waals surface area contributed by atoms with Gasteiger partial charge in [0.2, 0.25) is 5.82 Å². The van der Waals surface area contributed by atoms with Gasteiger partial charge in [-0.3, -0.25) is 4.79 Å². The number of H-pyrrole nitrogens is 2. The second kappa shape index (κ2) is 3.24. The number of aromatic nitrogens is 5. The van der Waals surface area contributed by atoms with Gasteiger partial charge in [-0.15, -0.1) is 21.5 Å². The van der Waals surface area contributed by atoms with E-state index in [9.17, 15) is 4.79 Å². The summed E-state index contributed by atoms with van der Waals surface area (Å²) >= 11 is 1.55. The normalized spacial score (nSPS) is 11.1. The molecule has 3 rings (SSSR count). The number of hydrogen-bond donors (Lipinski definition) is 2. The molecule has 0 aliphatic rings. The van der Waals surface area contributed by atoms with Crippen LogP contribution in [0, 0.1) is 6.92 Å². The molecule has 0 saturated heterocycles. The first-order chi connectivity index (χ1) is 7.74. The minimum absolute atomic E-state index is 0.198. The molecule has 16 heavy (non-hydrogen) atoms. The van der Waals surface area contributed by atoms with Crippen LogP contribution in [0.15, 0.2) is 16.9 Å². The number of fused-ring (bicyclic) bond motifs is 1. The molecule has 0 radical (unpaired) electrons. The van der Waals surface area contributed by atoms with Gasteiger partial charge in [-0.1, -0.05) is 0 Å². The first-order valence-corrected chi connectivity index (χ1v) is 5.43. The van der Waals surface area contributed by atoms with E-state index in [2.05, 4.69) is 25.6 Å². The molecule has 0 aliphatic heterocycles. The van der Waals surface area contributed by atoms with Crippen molar-refractivity contribution in [3.05, 3.63) is 27.4 Å². The number of aryl methyl sites for hydroxylation is 1. The van der Waals surface area contributed by atoms with Crippen molar-refractivity contribution in [3.63, 3.8) is 0 Å². The molecule has 3 aromatic rings. The van der Waals surface area contributed by atoms with Gasteiger partial charge in [-0.25, -0.2) is 0 Å². The molecule has 80 valence electrons. The van der Waals surface area contributed by atoms with E-state index in [1.54, 1.807) is 17.4 Å². The summed E-state index contributed by atoms with van der Waals surface area (Å²) in [5.41, 5.74) is 0.231. The van der Waals surface area contributed by atoms with E-state index in [1.807, 2.05) is 13.0 Å². The summed E-state index contributed by atoms with van der Waals surface area (Å²) in [6.07, 6.45) is 0. The van der Waals surface area contributed by atoms with Crippen LogP contribution in [-0.2, 0) is 0 Å². The van der Waals surface area contributed by atoms with Crippen molar-refractivity contribution in [2.75, 3.05) is 0 Å². The molecule has 3 aromatic heterocycles. The van der Waals surface area contributed by atoms with Crippen molar-refractivity contribution >= 4 is 21.6 Å². The van der Waals surface area contributed by atoms with Crippen LogP contribution in [0.5, 0.6) is 0 Å². The SMILES string of the molecule is Cc1cc2cc(-c3nn[nH]n3)c(=O)[nH]c2s1. The second-order valence-corrected chi connectivity index (χ2v) is 4.65. The zero-order valence-corrected chi connectivity index (χ0v) is 9.13. The molecule has 0 atom stereocenters. The number of nitrogens with one attached hydrogen (secondary N) is 2. The quantitative estimate of drug-likeness (QED) is 0.658. The van der Waals surface area contributed by atoms with Crippen LogP contribution in [0.4, 0.5) is 0 Å². The fourth-order valence-corrected chi connectivity index (χ4v) is 2.46. The average molecular weight is 233 g/mol. The minimum Gasteiger partial charge on any atom is -0.313 e. The molecule has 7 heteroatoms. The highest BCUT2D eigenvalue weighted by molar-refractivity contribution is 7.18. The average Bonchev–Trinajstić information content (AvgIpc) is 2.83. The van der Waals surface area contributed by atoms with Crippen molar-refractivity contribution in [3.8, 4) is 11.4 Å². The number of rotatable bonds is 1. The smallest absolute Gasteiger partial charge is 0.260 e. The van der Waals surface area contributed by atoms with E-state index in [1.165, 1.54) is 0 Å². The maximum absolute atomic E-state index is 11.8. The maximum atomic E-state index is 11.8. The van der Waals surface area contributed by atoms with Crippen LogP contribution in [0.2, 0.25) is 0 Å². The van der Waals surface area contributed by atoms with Gasteiger partial charge < -0.3 is 4.98 Å². The highest BCUT2D eigenvalue weighted by Crippen LogP contribution is 2.23. The largest absolute Gasteiger partial charge is 0.313 e. The van der Waals surface area contributed by atoms with Crippen molar-refractivity contribution < 1.29 is 0 Å². The lowest BCUT2D eigenvalue weighted by Gasteiger charge is -1.93. The molecule has 6 nitrogen and oxygen atoms in total. The topological polar surface area (TPSA) is 87.3 Å². The molecule has 0 amide bonds. The summed E-state index contributed by atoms with van der Waals surface area (Å²) in [6.45, 7) is 2.00. The maximum Gasteiger partial charge on any atom is 0.260 e. The van der Waals surface area contributed by atoms with E-state index in [-0.39, 0.29) is 5.56 Å². The van der Waals surface area contributed by atoms with Gasteiger partial charge in [0.25, 0.3) is 5.56 Å². The van der Waals surface area contributed by atoms with Crippen LogP contribution in [0.1, 0.15) is 4.88 Å². The highest BCUT2D eigenvalue weighted by Gasteiger charge is 2.10. The van der Waals surface area contributed by atoms with E-state index < -0.39 is 0 Å². The zero-order chi connectivity index (χ0) is 11.1. The first-order valence-electron chi connectivity index (χ1n) is 4.61. The van der Waals surface area contributed by atoms with Crippen molar-refractivity contribution in [2.24, 2.45) is 0 Å². The lowest BCUT2D eigenvalue weighted by atomic mass is 10.2. The Balaban J connectivity index is 2.33. The number of hydrogen-bond acceptors (Lipinski definition) is 5. The summed E-state index contributed by atoms with van der Waals surface area (Å²) in [5.74, 6) is 0.312. The Hall–Kier alpha value is -2.02. The summed E-state index contributed by atoms with van der Waals surface area (Å²) < 4.78 is 0. The van der Waals surface area contributed by atoms with E-state index >= 15 is 0 Å². The Bertz CT molecular complexity index is 696. The van der Waals surface area contributed by atoms with Crippen LogP contribution in [0.3, 0.4) is 0 Å². The van der Waals surface area contributed by atoms with E-state index in [4.69, 9.17) is 0 Å². The first kappa shape index (κ1) is 9.22. The van der Waals surface area contributed by atoms with Gasteiger partial charge in [-0.2, -0.15) is 5.21 Å². The molecule has 0 unspecified atom stereocenters. The van der Waals surface area contributed by atoms with Crippen LogP contribution in [-0.4, -0.2) is 25.6 Å². The summed E-state index contributed by atoms with van der Waals surface area (Å²) in [4.78, 5) is 16.6. The third kappa shape index (κ3) is 1.33. The Morgan fingerprint density at radius 2 is 2.25 bits per heavy atom. The van der Waals surface area contributed by atoms with Crippen LogP contribution in [0.25, 0.3) is 21.6 Å². The second-order valence-electron chi connectivity index (χ2n) is 3.39. The molecule has 0 fully saturated rings. The minimum atomic E-state index is -0.198. The molecule has 0 aromatic carbocycles. The van der Waals surface area contributed by atoms with Gasteiger partial charge in [0, 0.05) is 10.3 Å². The molecule has 0 aliphatic carbocycles. The van der Waals surface area contributed by atoms with Gasteiger partial charge in [0.05, 0.1) is 5.56 Å². The monoisotopic (exact) mass is 233 g/mol. The lowest BCUT2D eigenvalue weighted by molar-refractivity contribution is 0.881. The van der Waals surface area contributed by atoms with Crippen molar-refractivity contribution in [1.29, 1.82) is 0 Å². The molecule has 0 bridgehead atoms. The summed E-state index contributed by atoms with van der Waals surface area (Å²) in [5, 5.41) is 14.3. The standard InChI is InChI=1S/C9H7N5OS/c1-4-2-5-3-6(7-11-13-14-12-7)8(15)10-9(5)16-4/h2-3H,1H3,(H,10,15)(H,11,12,13,14). The van der Waals surface area contributed by atoms with Gasteiger partial charge >= 0.3 is 0 Å². The van der Waals surface area contributed by atoms with Crippen molar-refractivity contribution in [1.82, 2.24) is 25.6 Å². The Morgan fingerprint density at radius 1 is 1.38 bits per heavy atom. The molecule has 2 N–H and O–H groups in total. The van der Waals surface area contributed by atoms with Gasteiger partial charge in [0.1, 0.15) is 4.83 Å². The molecular formula is C9H7N5OS. The molecular weight excluding hydrogens is 226 g/mol. The third-order valence-electron chi connectivity index (χ3n) is 2.24. The van der Waals surface area contributed by atoms with Gasteiger partial charge in [-0.05, 0) is 24.3 Å². The zero-order valence-electron chi connectivity index (χ0n) is 8.31. The fourth-order valence-electron chi connectivity index (χ4n) is 1.57. The van der Waals surface area contributed by atoms with Gasteiger partial charge in [0.15, 0.2) is 0 Å². The number of thiophene rings is 1. The van der Waals surface area contributed by atoms with E-state index in [0.717, 1.165) is 15.1 Å². The molecule has 3 heterocycles. The molecule has 0 saturated carbocycles. The highest BCUT2D eigenvalue weighted by atomic mass is 32.1. The molecule has 0 spiro atoms. The predicted molar refractivity (Wildman–Crippen MR) is 60.4 cm³/mol. The Labute approximate surface area is 93.3 Å². The Kier molecular flexibility index (Phi) is 1.87. The number of nitrogens with zero attached hydrogens (tertiary/aromatic N) is 3. The lowest BCUT2D eigenvalue weighted by Crippen LogP contribution is -2.08. The third-order valence-corrected chi connectivity index (χ3v) is 3.22. The van der Waals surface area contributed by atoms with E-state index in [0.29, 0.717) is 11.4 Å². The van der Waals surface area contributed by atoms with Crippen LogP contribution >= 0.6 is 11.3 Å². The summed E-state index contributed by atoms with van der Waals surface area (Å²) in [7, 11) is 0. The number of aromatic amines is 2. The summed E-state index contributed by atoms with van der Waals surface area (Å²) in [6, 6.07) is 3.79. The number of tetrazole rings is 1. The van der Waals surface area contributed by atoms with Crippen molar-refractivity contribution in [2.45, 2.75) is 6.92 Å². The number of pyridine rings is 1. The van der Waals surface area contributed by atoms with Crippen LogP contribution < -0.4 is 5.56 Å². The fraction of sp³-hybridized carbons (Fsp3) is 0.111. The predicted octanol–water partition coefficient (Wildman–Crippen LogP) is 1.08. The Morgan fingerprint density at radius 3 is 3.00 bits per heavy atom.